The monoisotopic (exact) mass is 409 g/mol. The van der Waals surface area contributed by atoms with E-state index in [0.29, 0.717) is 17.9 Å². The Morgan fingerprint density at radius 3 is 2.79 bits per heavy atom. The fraction of sp³-hybridized carbons (Fsp3) is 0.182. The van der Waals surface area contributed by atoms with Crippen molar-refractivity contribution in [3.05, 3.63) is 71.7 Å². The van der Waals surface area contributed by atoms with Gasteiger partial charge in [-0.05, 0) is 59.8 Å². The van der Waals surface area contributed by atoms with Crippen LogP contribution >= 0.6 is 11.9 Å². The van der Waals surface area contributed by atoms with Crippen molar-refractivity contribution in [1.82, 2.24) is 4.98 Å². The molecule has 1 aromatic heterocycles. The summed E-state index contributed by atoms with van der Waals surface area (Å²) in [4.78, 5) is 16.9. The molecule has 0 saturated heterocycles. The molecular formula is C22H20FN3O2S. The largest absolute Gasteiger partial charge is 0.493 e. The van der Waals surface area contributed by atoms with Gasteiger partial charge in [-0.1, -0.05) is 18.2 Å². The number of nitrogens with two attached hydrogens (primary N) is 1. The van der Waals surface area contributed by atoms with E-state index >= 15 is 0 Å². The van der Waals surface area contributed by atoms with Crippen molar-refractivity contribution in [3.63, 3.8) is 0 Å². The predicted molar refractivity (Wildman–Crippen MR) is 112 cm³/mol. The van der Waals surface area contributed by atoms with Crippen molar-refractivity contribution in [1.29, 1.82) is 0 Å². The quantitative estimate of drug-likeness (QED) is 0.523. The summed E-state index contributed by atoms with van der Waals surface area (Å²) in [7, 11) is 0. The maximum Gasteiger partial charge on any atom is 0.214 e. The summed E-state index contributed by atoms with van der Waals surface area (Å²) in [5.41, 5.74) is 5.06. The normalized spacial score (nSPS) is 13.8. The molecule has 3 aromatic rings. The number of fused-ring (bicyclic) bond motifs is 2. The van der Waals surface area contributed by atoms with Gasteiger partial charge in [0, 0.05) is 30.4 Å². The van der Waals surface area contributed by atoms with E-state index in [2.05, 4.69) is 23.2 Å². The van der Waals surface area contributed by atoms with Crippen molar-refractivity contribution in [3.8, 4) is 17.0 Å². The van der Waals surface area contributed by atoms with Gasteiger partial charge < -0.3 is 9.64 Å². The molecule has 7 heteroatoms. The van der Waals surface area contributed by atoms with Gasteiger partial charge in [0.15, 0.2) is 0 Å². The number of benzene rings is 2. The number of rotatable bonds is 3. The highest BCUT2D eigenvalue weighted by Crippen LogP contribution is 2.32. The molecular weight excluding hydrogens is 389 g/mol. The lowest BCUT2D eigenvalue weighted by atomic mass is 10.1. The van der Waals surface area contributed by atoms with Gasteiger partial charge in [-0.25, -0.2) is 4.39 Å². The van der Waals surface area contributed by atoms with E-state index in [1.807, 2.05) is 24.4 Å². The minimum atomic E-state index is -0.316. The van der Waals surface area contributed by atoms with Gasteiger partial charge in [-0.3, -0.25) is 14.9 Å². The van der Waals surface area contributed by atoms with Crippen molar-refractivity contribution < 1.29 is 13.9 Å². The van der Waals surface area contributed by atoms with Crippen LogP contribution in [-0.2, 0) is 17.6 Å². The Labute approximate surface area is 172 Å². The van der Waals surface area contributed by atoms with Gasteiger partial charge in [-0.15, -0.1) is 0 Å². The zero-order valence-corrected chi connectivity index (χ0v) is 16.5. The molecule has 0 unspecified atom stereocenters. The molecule has 29 heavy (non-hydrogen) atoms. The van der Waals surface area contributed by atoms with Gasteiger partial charge >= 0.3 is 0 Å². The van der Waals surface area contributed by atoms with Crippen LogP contribution < -0.4 is 14.8 Å². The second-order valence-electron chi connectivity index (χ2n) is 6.71. The molecule has 3 heterocycles. The topological polar surface area (TPSA) is 68.5 Å². The lowest BCUT2D eigenvalue weighted by molar-refractivity contribution is -0.107. The van der Waals surface area contributed by atoms with Gasteiger partial charge in [0.2, 0.25) is 6.41 Å². The van der Waals surface area contributed by atoms with E-state index in [1.165, 1.54) is 11.6 Å². The molecule has 5 nitrogen and oxygen atoms in total. The number of carbonyl (C=O) groups is 1. The molecule has 2 N–H and O–H groups in total. The number of anilines is 1. The molecule has 1 amide bonds. The highest BCUT2D eigenvalue weighted by atomic mass is 32.2. The minimum absolute atomic E-state index is 0.316. The maximum absolute atomic E-state index is 13.3. The molecule has 2 aliphatic heterocycles. The number of ether oxygens (including phenoxy) is 1. The van der Waals surface area contributed by atoms with E-state index in [1.54, 1.807) is 11.0 Å². The summed E-state index contributed by atoms with van der Waals surface area (Å²) >= 11 is 0.856. The number of hydrogen-bond donors (Lipinski definition) is 1. The van der Waals surface area contributed by atoms with Crippen molar-refractivity contribution in [2.45, 2.75) is 17.7 Å². The molecule has 0 spiro atoms. The number of amides is 1. The summed E-state index contributed by atoms with van der Waals surface area (Å²) in [6.07, 6.45) is 4.30. The molecule has 148 valence electrons. The fourth-order valence-corrected chi connectivity index (χ4v) is 3.82. The van der Waals surface area contributed by atoms with Crippen LogP contribution in [0.2, 0.25) is 0 Å². The second kappa shape index (κ2) is 8.63. The fourth-order valence-electron chi connectivity index (χ4n) is 3.47. The number of halogens is 1. The van der Waals surface area contributed by atoms with Crippen LogP contribution in [0.1, 0.15) is 11.1 Å². The highest BCUT2D eigenvalue weighted by molar-refractivity contribution is 7.97. The number of hydrogen-bond acceptors (Lipinski definition) is 5. The van der Waals surface area contributed by atoms with E-state index < -0.39 is 0 Å². The third kappa shape index (κ3) is 4.11. The van der Waals surface area contributed by atoms with Crippen LogP contribution in [0.4, 0.5) is 10.1 Å². The van der Waals surface area contributed by atoms with Gasteiger partial charge in [-0.2, -0.15) is 0 Å². The standard InChI is InChI=1S/C13H11NO.C9H9FN2OS/c1-2-7-14-12(3-1)11-5-4-10-6-8-15-13(10)9-11;10-7-3-6-1-2-12(5-13)8(6)4-9(7)14-11/h1-5,7,9H,6,8H2;3-5H,1-2,11H2. The Balaban J connectivity index is 0.000000142. The number of pyridine rings is 1. The smallest absolute Gasteiger partial charge is 0.214 e. The van der Waals surface area contributed by atoms with E-state index in [-0.39, 0.29) is 5.82 Å². The van der Waals surface area contributed by atoms with E-state index in [4.69, 9.17) is 9.88 Å². The first-order chi connectivity index (χ1) is 14.2. The van der Waals surface area contributed by atoms with Gasteiger partial charge in [0.1, 0.15) is 11.6 Å². The molecule has 0 atom stereocenters. The summed E-state index contributed by atoms with van der Waals surface area (Å²) < 4.78 is 18.8. The van der Waals surface area contributed by atoms with Crippen LogP contribution in [0.15, 0.2) is 59.6 Å². The van der Waals surface area contributed by atoms with Crippen LogP contribution in [-0.4, -0.2) is 24.5 Å². The van der Waals surface area contributed by atoms with Crippen LogP contribution in [0.25, 0.3) is 11.3 Å². The first-order valence-electron chi connectivity index (χ1n) is 9.28. The number of aromatic nitrogens is 1. The number of nitrogens with zero attached hydrogens (tertiary/aromatic N) is 2. The lowest BCUT2D eigenvalue weighted by Gasteiger charge is -2.10. The van der Waals surface area contributed by atoms with Crippen LogP contribution in [0.3, 0.4) is 0 Å². The zero-order chi connectivity index (χ0) is 20.2. The molecule has 5 rings (SSSR count). The molecule has 0 bridgehead atoms. The Morgan fingerprint density at radius 2 is 2.03 bits per heavy atom. The average Bonchev–Trinajstić information content (AvgIpc) is 3.39. The third-order valence-electron chi connectivity index (χ3n) is 4.98. The Hall–Kier alpha value is -2.90. The predicted octanol–water partition coefficient (Wildman–Crippen LogP) is 3.99. The van der Waals surface area contributed by atoms with Crippen LogP contribution in [0.5, 0.6) is 5.75 Å². The molecule has 0 saturated carbocycles. The average molecular weight is 409 g/mol. The molecule has 2 aliphatic rings. The Bertz CT molecular complexity index is 1030. The summed E-state index contributed by atoms with van der Waals surface area (Å²) in [5.74, 6) is 0.696. The first kappa shape index (κ1) is 19.4. The van der Waals surface area contributed by atoms with E-state index in [0.717, 1.165) is 59.6 Å². The summed E-state index contributed by atoms with van der Waals surface area (Å²) in [6, 6.07) is 15.3. The summed E-state index contributed by atoms with van der Waals surface area (Å²) in [6.45, 7) is 1.43. The van der Waals surface area contributed by atoms with Crippen LogP contribution in [0, 0.1) is 5.82 Å². The molecule has 0 aliphatic carbocycles. The van der Waals surface area contributed by atoms with Crippen molar-refractivity contribution >= 4 is 24.0 Å². The molecule has 0 fully saturated rings. The van der Waals surface area contributed by atoms with Crippen molar-refractivity contribution in [2.75, 3.05) is 18.1 Å². The first-order valence-corrected chi connectivity index (χ1v) is 10.2. The number of carbonyl (C=O) groups excluding carboxylic acids is 1. The van der Waals surface area contributed by atoms with E-state index in [9.17, 15) is 9.18 Å². The Morgan fingerprint density at radius 1 is 1.14 bits per heavy atom. The molecule has 2 aromatic carbocycles. The lowest BCUT2D eigenvalue weighted by Crippen LogP contribution is -2.17. The van der Waals surface area contributed by atoms with Gasteiger partial charge in [0.25, 0.3) is 0 Å². The summed E-state index contributed by atoms with van der Waals surface area (Å²) in [5, 5.41) is 5.30. The van der Waals surface area contributed by atoms with Gasteiger partial charge in [0.05, 0.1) is 17.2 Å². The second-order valence-corrected chi connectivity index (χ2v) is 7.39. The third-order valence-corrected chi connectivity index (χ3v) is 5.54. The minimum Gasteiger partial charge on any atom is -0.493 e. The zero-order valence-electron chi connectivity index (χ0n) is 15.7. The van der Waals surface area contributed by atoms with Crippen molar-refractivity contribution in [2.24, 2.45) is 5.14 Å². The Kier molecular flexibility index (Phi) is 5.78. The SMILES string of the molecule is NSc1cc2c(cc1F)CCN2C=O.c1ccc(-c2ccc3c(c2)OCC3)nc1. The highest BCUT2D eigenvalue weighted by Gasteiger charge is 2.20. The molecule has 0 radical (unpaired) electrons. The maximum atomic E-state index is 13.3.